The minimum Gasteiger partial charge on any atom is -0.450 e. The summed E-state index contributed by atoms with van der Waals surface area (Å²) in [6.07, 6.45) is 0. The highest BCUT2D eigenvalue weighted by Crippen LogP contribution is 2.33. The van der Waals surface area contributed by atoms with Gasteiger partial charge in [-0.1, -0.05) is 25.4 Å². The van der Waals surface area contributed by atoms with Crippen LogP contribution in [0.15, 0.2) is 42.5 Å². The third kappa shape index (κ3) is 4.70. The Morgan fingerprint density at radius 1 is 1.25 bits per heavy atom. The lowest BCUT2D eigenvalue weighted by Gasteiger charge is -2.09. The van der Waals surface area contributed by atoms with Gasteiger partial charge in [-0.25, -0.2) is 0 Å². The first-order chi connectivity index (χ1) is 11.4. The van der Waals surface area contributed by atoms with E-state index in [4.69, 9.17) is 16.3 Å². The average Bonchev–Trinajstić information content (AvgIpc) is 2.54. The van der Waals surface area contributed by atoms with Gasteiger partial charge in [0.1, 0.15) is 5.75 Å². The van der Waals surface area contributed by atoms with Crippen molar-refractivity contribution < 1.29 is 14.5 Å². The number of rotatable bonds is 6. The molecule has 2 aromatic carbocycles. The molecule has 0 atom stereocenters. The Labute approximate surface area is 144 Å². The predicted octanol–water partition coefficient (Wildman–Crippen LogP) is 4.43. The average molecular weight is 349 g/mol. The van der Waals surface area contributed by atoms with Crippen LogP contribution in [0.5, 0.6) is 11.5 Å². The lowest BCUT2D eigenvalue weighted by atomic mass is 10.2. The Bertz CT molecular complexity index is 745. The minimum absolute atomic E-state index is 0.0846. The maximum Gasteiger partial charge on any atom is 0.313 e. The summed E-state index contributed by atoms with van der Waals surface area (Å²) in [6.45, 7) is 4.61. The molecule has 126 valence electrons. The molecule has 0 aliphatic heterocycles. The Hall–Kier alpha value is -2.60. The Morgan fingerprint density at radius 2 is 1.92 bits per heavy atom. The molecule has 1 N–H and O–H groups in total. The summed E-state index contributed by atoms with van der Waals surface area (Å²) < 4.78 is 5.53. The van der Waals surface area contributed by atoms with Crippen molar-refractivity contribution in [1.82, 2.24) is 5.32 Å². The van der Waals surface area contributed by atoms with E-state index in [1.165, 1.54) is 18.2 Å². The van der Waals surface area contributed by atoms with E-state index in [0.29, 0.717) is 23.8 Å². The molecule has 0 aliphatic rings. The normalized spacial score (nSPS) is 10.5. The van der Waals surface area contributed by atoms with Gasteiger partial charge in [0.25, 0.3) is 5.91 Å². The molecule has 2 rings (SSSR count). The van der Waals surface area contributed by atoms with Crippen LogP contribution in [0.2, 0.25) is 5.02 Å². The van der Waals surface area contributed by atoms with Crippen molar-refractivity contribution in [2.75, 3.05) is 6.54 Å². The van der Waals surface area contributed by atoms with Crippen LogP contribution >= 0.6 is 11.6 Å². The SMILES string of the molecule is CC(C)CNC(=O)c1ccc(Oc2ccc(Cl)cc2[N+](=O)[O-])cc1. The molecule has 1 amide bonds. The van der Waals surface area contributed by atoms with Gasteiger partial charge in [-0.3, -0.25) is 14.9 Å². The fraction of sp³-hybridized carbons (Fsp3) is 0.235. The number of hydrogen-bond donors (Lipinski definition) is 1. The summed E-state index contributed by atoms with van der Waals surface area (Å²) in [7, 11) is 0. The van der Waals surface area contributed by atoms with Crippen LogP contribution in [0.1, 0.15) is 24.2 Å². The molecule has 0 spiro atoms. The minimum atomic E-state index is -0.561. The molecule has 0 saturated heterocycles. The highest BCUT2D eigenvalue weighted by atomic mass is 35.5. The Kier molecular flexibility index (Phi) is 5.76. The molecule has 7 heteroatoms. The lowest BCUT2D eigenvalue weighted by molar-refractivity contribution is -0.385. The molecule has 0 aromatic heterocycles. The number of carbonyl (C=O) groups is 1. The molecule has 2 aromatic rings. The maximum absolute atomic E-state index is 11.9. The van der Waals surface area contributed by atoms with E-state index in [2.05, 4.69) is 5.32 Å². The monoisotopic (exact) mass is 348 g/mol. The van der Waals surface area contributed by atoms with Crippen molar-refractivity contribution in [2.45, 2.75) is 13.8 Å². The summed E-state index contributed by atoms with van der Waals surface area (Å²) in [5.41, 5.74) is 0.273. The number of hydrogen-bond acceptors (Lipinski definition) is 4. The fourth-order valence-corrected chi connectivity index (χ4v) is 2.09. The molecule has 0 fully saturated rings. The van der Waals surface area contributed by atoms with Crippen LogP contribution in [0.25, 0.3) is 0 Å². The van der Waals surface area contributed by atoms with E-state index < -0.39 is 4.92 Å². The smallest absolute Gasteiger partial charge is 0.313 e. The molecule has 0 aliphatic carbocycles. The molecule has 6 nitrogen and oxygen atoms in total. The second-order valence-electron chi connectivity index (χ2n) is 5.60. The topological polar surface area (TPSA) is 81.5 Å². The van der Waals surface area contributed by atoms with E-state index in [0.717, 1.165) is 0 Å². The maximum atomic E-state index is 11.9. The van der Waals surface area contributed by atoms with Crippen LogP contribution in [0, 0.1) is 16.0 Å². The Morgan fingerprint density at radius 3 is 2.50 bits per heavy atom. The second-order valence-corrected chi connectivity index (χ2v) is 6.04. The molecule has 0 radical (unpaired) electrons. The van der Waals surface area contributed by atoms with Gasteiger partial charge in [0, 0.05) is 23.2 Å². The number of nitrogens with one attached hydrogen (secondary N) is 1. The van der Waals surface area contributed by atoms with Crippen molar-refractivity contribution in [3.8, 4) is 11.5 Å². The molecular formula is C17H17ClN2O4. The van der Waals surface area contributed by atoms with Crippen molar-refractivity contribution in [1.29, 1.82) is 0 Å². The number of nitro groups is 1. The van der Waals surface area contributed by atoms with Gasteiger partial charge in [-0.05, 0) is 42.3 Å². The number of benzene rings is 2. The van der Waals surface area contributed by atoms with Gasteiger partial charge < -0.3 is 10.1 Å². The number of nitrogens with zero attached hydrogens (tertiary/aromatic N) is 1. The summed E-state index contributed by atoms with van der Waals surface area (Å²) in [4.78, 5) is 22.4. The quantitative estimate of drug-likeness (QED) is 0.618. The largest absolute Gasteiger partial charge is 0.450 e. The first kappa shape index (κ1) is 17.7. The molecule has 0 bridgehead atoms. The number of ether oxygens (including phenoxy) is 1. The van der Waals surface area contributed by atoms with Gasteiger partial charge in [-0.15, -0.1) is 0 Å². The van der Waals surface area contributed by atoms with Crippen LogP contribution in [-0.4, -0.2) is 17.4 Å². The summed E-state index contributed by atoms with van der Waals surface area (Å²) in [6, 6.07) is 10.6. The molecule has 0 saturated carbocycles. The van der Waals surface area contributed by atoms with Crippen LogP contribution in [0.4, 0.5) is 5.69 Å². The highest BCUT2D eigenvalue weighted by Gasteiger charge is 2.16. The zero-order valence-electron chi connectivity index (χ0n) is 13.3. The van der Waals surface area contributed by atoms with Crippen molar-refractivity contribution in [2.24, 2.45) is 5.92 Å². The Balaban J connectivity index is 2.12. The van der Waals surface area contributed by atoms with Crippen molar-refractivity contribution >= 4 is 23.2 Å². The number of amides is 1. The second kappa shape index (κ2) is 7.79. The van der Waals surface area contributed by atoms with Gasteiger partial charge in [0.2, 0.25) is 5.75 Å². The van der Waals surface area contributed by atoms with Gasteiger partial charge in [0.05, 0.1) is 4.92 Å². The zero-order chi connectivity index (χ0) is 17.7. The predicted molar refractivity (Wildman–Crippen MR) is 91.8 cm³/mol. The van der Waals surface area contributed by atoms with Gasteiger partial charge in [-0.2, -0.15) is 0 Å². The number of carbonyl (C=O) groups excluding carboxylic acids is 1. The standard InChI is InChI=1S/C17H17ClN2O4/c1-11(2)10-19-17(21)12-3-6-14(7-4-12)24-16-8-5-13(18)9-15(16)20(22)23/h3-9,11H,10H2,1-2H3,(H,19,21). The van der Waals surface area contributed by atoms with E-state index in [-0.39, 0.29) is 22.4 Å². The van der Waals surface area contributed by atoms with Crippen LogP contribution in [-0.2, 0) is 0 Å². The third-order valence-electron chi connectivity index (χ3n) is 3.13. The van der Waals surface area contributed by atoms with Gasteiger partial charge in [0.15, 0.2) is 0 Å². The van der Waals surface area contributed by atoms with E-state index in [9.17, 15) is 14.9 Å². The molecule has 24 heavy (non-hydrogen) atoms. The molecule has 0 unspecified atom stereocenters. The molecular weight excluding hydrogens is 332 g/mol. The van der Waals surface area contributed by atoms with Gasteiger partial charge >= 0.3 is 5.69 Å². The van der Waals surface area contributed by atoms with E-state index in [1.54, 1.807) is 24.3 Å². The van der Waals surface area contributed by atoms with E-state index >= 15 is 0 Å². The summed E-state index contributed by atoms with van der Waals surface area (Å²) in [5, 5.41) is 14.1. The molecule has 0 heterocycles. The number of nitro benzene ring substituents is 1. The fourth-order valence-electron chi connectivity index (χ4n) is 1.92. The van der Waals surface area contributed by atoms with Crippen LogP contribution in [0.3, 0.4) is 0 Å². The third-order valence-corrected chi connectivity index (χ3v) is 3.37. The zero-order valence-corrected chi connectivity index (χ0v) is 14.0. The lowest BCUT2D eigenvalue weighted by Crippen LogP contribution is -2.27. The van der Waals surface area contributed by atoms with Crippen LogP contribution < -0.4 is 10.1 Å². The van der Waals surface area contributed by atoms with Crippen molar-refractivity contribution in [3.63, 3.8) is 0 Å². The van der Waals surface area contributed by atoms with E-state index in [1.807, 2.05) is 13.8 Å². The summed E-state index contributed by atoms with van der Waals surface area (Å²) >= 11 is 5.77. The first-order valence-electron chi connectivity index (χ1n) is 7.37. The summed E-state index contributed by atoms with van der Waals surface area (Å²) in [5.74, 6) is 0.664. The number of halogens is 1. The van der Waals surface area contributed by atoms with Crippen molar-refractivity contribution in [3.05, 3.63) is 63.2 Å². The highest BCUT2D eigenvalue weighted by molar-refractivity contribution is 6.30. The first-order valence-corrected chi connectivity index (χ1v) is 7.74.